The van der Waals surface area contributed by atoms with E-state index in [4.69, 9.17) is 9.84 Å². The standard InChI is InChI=1S/C15H20FN3O6/c1-15(2,3)18-14(22)25-12(6-7-20)13(21)17-11-5-4-9(19(23)24)8-10(11)16/h4-5,8,12,20H,6-7H2,1-3H3,(H,17,21)(H,18,22). The fourth-order valence-electron chi connectivity index (χ4n) is 1.76. The summed E-state index contributed by atoms with van der Waals surface area (Å²) < 4.78 is 18.8. The molecule has 9 nitrogen and oxygen atoms in total. The maximum atomic E-state index is 13.8. The summed E-state index contributed by atoms with van der Waals surface area (Å²) in [6, 6.07) is 2.70. The third-order valence-electron chi connectivity index (χ3n) is 2.83. The van der Waals surface area contributed by atoms with Gasteiger partial charge >= 0.3 is 6.09 Å². The summed E-state index contributed by atoms with van der Waals surface area (Å²) in [5.74, 6) is -1.88. The summed E-state index contributed by atoms with van der Waals surface area (Å²) in [5, 5.41) is 24.2. The molecular formula is C15H20FN3O6. The van der Waals surface area contributed by atoms with Crippen LogP contribution in [0, 0.1) is 15.9 Å². The van der Waals surface area contributed by atoms with E-state index in [2.05, 4.69) is 10.6 Å². The van der Waals surface area contributed by atoms with Gasteiger partial charge < -0.3 is 20.5 Å². The van der Waals surface area contributed by atoms with Crippen LogP contribution in [-0.4, -0.2) is 40.3 Å². The molecule has 0 aliphatic heterocycles. The number of aliphatic hydroxyl groups excluding tert-OH is 1. The van der Waals surface area contributed by atoms with Crippen molar-refractivity contribution in [3.63, 3.8) is 0 Å². The summed E-state index contributed by atoms with van der Waals surface area (Å²) in [7, 11) is 0. The molecule has 1 unspecified atom stereocenters. The second-order valence-electron chi connectivity index (χ2n) is 6.19. The largest absolute Gasteiger partial charge is 0.436 e. The Labute approximate surface area is 143 Å². The lowest BCUT2D eigenvalue weighted by Gasteiger charge is -2.23. The number of hydrogen-bond donors (Lipinski definition) is 3. The Hall–Kier alpha value is -2.75. The zero-order valence-corrected chi connectivity index (χ0v) is 14.0. The smallest absolute Gasteiger partial charge is 0.408 e. The molecule has 1 atom stereocenters. The van der Waals surface area contributed by atoms with Crippen molar-refractivity contribution in [3.8, 4) is 0 Å². The molecule has 1 rings (SSSR count). The fraction of sp³-hybridized carbons (Fsp3) is 0.467. The summed E-state index contributed by atoms with van der Waals surface area (Å²) in [6.45, 7) is 4.69. The highest BCUT2D eigenvalue weighted by Crippen LogP contribution is 2.21. The minimum absolute atomic E-state index is 0.196. The van der Waals surface area contributed by atoms with Crippen LogP contribution in [0.5, 0.6) is 0 Å². The van der Waals surface area contributed by atoms with E-state index >= 15 is 0 Å². The van der Waals surface area contributed by atoms with Crippen LogP contribution in [0.2, 0.25) is 0 Å². The maximum Gasteiger partial charge on any atom is 0.408 e. The van der Waals surface area contributed by atoms with Crippen molar-refractivity contribution in [2.24, 2.45) is 0 Å². The number of nitro groups is 1. The average Bonchev–Trinajstić information content (AvgIpc) is 2.46. The first-order valence-electron chi connectivity index (χ1n) is 7.38. The number of ether oxygens (including phenoxy) is 1. The first-order chi connectivity index (χ1) is 11.5. The summed E-state index contributed by atoms with van der Waals surface area (Å²) >= 11 is 0. The van der Waals surface area contributed by atoms with Gasteiger partial charge in [-0.1, -0.05) is 0 Å². The number of nitrogens with one attached hydrogen (secondary N) is 2. The van der Waals surface area contributed by atoms with Crippen LogP contribution in [0.3, 0.4) is 0 Å². The van der Waals surface area contributed by atoms with Crippen molar-refractivity contribution in [2.75, 3.05) is 11.9 Å². The number of anilines is 1. The van der Waals surface area contributed by atoms with Gasteiger partial charge in [-0.25, -0.2) is 9.18 Å². The van der Waals surface area contributed by atoms with Gasteiger partial charge in [-0.3, -0.25) is 14.9 Å². The zero-order chi connectivity index (χ0) is 19.2. The van der Waals surface area contributed by atoms with Crippen LogP contribution in [0.4, 0.5) is 20.6 Å². The number of benzene rings is 1. The van der Waals surface area contributed by atoms with E-state index in [0.717, 1.165) is 12.1 Å². The Balaban J connectivity index is 2.83. The van der Waals surface area contributed by atoms with Gasteiger partial charge in [0.05, 0.1) is 16.7 Å². The molecule has 0 aliphatic carbocycles. The van der Waals surface area contributed by atoms with E-state index in [1.807, 2.05) is 0 Å². The molecule has 0 fully saturated rings. The second-order valence-corrected chi connectivity index (χ2v) is 6.19. The molecule has 0 saturated heterocycles. The van der Waals surface area contributed by atoms with E-state index in [9.17, 15) is 24.1 Å². The van der Waals surface area contributed by atoms with Crippen LogP contribution < -0.4 is 10.6 Å². The number of aliphatic hydroxyl groups is 1. The highest BCUT2D eigenvalue weighted by Gasteiger charge is 2.25. The number of hydrogen-bond acceptors (Lipinski definition) is 6. The fourth-order valence-corrected chi connectivity index (χ4v) is 1.76. The molecule has 25 heavy (non-hydrogen) atoms. The Kier molecular flexibility index (Phi) is 6.80. The Morgan fingerprint density at radius 3 is 2.52 bits per heavy atom. The number of amides is 2. The molecule has 0 bridgehead atoms. The lowest BCUT2D eigenvalue weighted by molar-refractivity contribution is -0.385. The molecule has 0 radical (unpaired) electrons. The third kappa shape index (κ3) is 6.71. The van der Waals surface area contributed by atoms with Gasteiger partial charge in [0.15, 0.2) is 11.9 Å². The normalized spacial score (nSPS) is 12.2. The lowest BCUT2D eigenvalue weighted by atomic mass is 10.1. The van der Waals surface area contributed by atoms with Gasteiger partial charge in [0.2, 0.25) is 0 Å². The quantitative estimate of drug-likeness (QED) is 0.527. The van der Waals surface area contributed by atoms with Crippen LogP contribution in [-0.2, 0) is 9.53 Å². The number of alkyl carbamates (subject to hydrolysis) is 1. The molecular weight excluding hydrogens is 337 g/mol. The molecule has 3 N–H and O–H groups in total. The van der Waals surface area contributed by atoms with Gasteiger partial charge in [0.25, 0.3) is 11.6 Å². The minimum Gasteiger partial charge on any atom is -0.436 e. The first-order valence-corrected chi connectivity index (χ1v) is 7.38. The highest BCUT2D eigenvalue weighted by atomic mass is 19.1. The number of rotatable bonds is 6. The van der Waals surface area contributed by atoms with Gasteiger partial charge in [0, 0.05) is 24.6 Å². The summed E-state index contributed by atoms with van der Waals surface area (Å²) in [4.78, 5) is 33.7. The molecule has 10 heteroatoms. The number of nitrogens with zero attached hydrogens (tertiary/aromatic N) is 1. The lowest BCUT2D eigenvalue weighted by Crippen LogP contribution is -2.44. The highest BCUT2D eigenvalue weighted by molar-refractivity contribution is 5.95. The predicted octanol–water partition coefficient (Wildman–Crippen LogP) is 1.95. The van der Waals surface area contributed by atoms with Crippen LogP contribution in [0.15, 0.2) is 18.2 Å². The summed E-state index contributed by atoms with van der Waals surface area (Å²) in [6.07, 6.45) is -2.43. The van der Waals surface area contributed by atoms with E-state index < -0.39 is 46.7 Å². The molecule has 1 aromatic carbocycles. The molecule has 0 heterocycles. The Bertz CT molecular complexity index is 659. The molecule has 138 valence electrons. The predicted molar refractivity (Wildman–Crippen MR) is 86.5 cm³/mol. The van der Waals surface area contributed by atoms with Crippen molar-refractivity contribution >= 4 is 23.4 Å². The van der Waals surface area contributed by atoms with Crippen molar-refractivity contribution in [1.29, 1.82) is 0 Å². The number of nitro benzene ring substituents is 1. The molecule has 2 amide bonds. The SMILES string of the molecule is CC(C)(C)NC(=O)OC(CCO)C(=O)Nc1ccc([N+](=O)[O-])cc1F. The van der Waals surface area contributed by atoms with Gasteiger partial charge in [0.1, 0.15) is 0 Å². The van der Waals surface area contributed by atoms with Gasteiger partial charge in [-0.15, -0.1) is 0 Å². The monoisotopic (exact) mass is 357 g/mol. The molecule has 0 spiro atoms. The van der Waals surface area contributed by atoms with E-state index in [1.165, 1.54) is 0 Å². The topological polar surface area (TPSA) is 131 Å². The molecule has 1 aromatic rings. The number of non-ortho nitro benzene ring substituents is 1. The average molecular weight is 357 g/mol. The van der Waals surface area contributed by atoms with E-state index in [0.29, 0.717) is 6.07 Å². The van der Waals surface area contributed by atoms with Crippen molar-refractivity contribution in [3.05, 3.63) is 34.1 Å². The maximum absolute atomic E-state index is 13.8. The second kappa shape index (κ2) is 8.38. The molecule has 0 aromatic heterocycles. The van der Waals surface area contributed by atoms with Crippen molar-refractivity contribution in [1.82, 2.24) is 5.32 Å². The third-order valence-corrected chi connectivity index (χ3v) is 2.83. The van der Waals surface area contributed by atoms with E-state index in [1.54, 1.807) is 20.8 Å². The van der Waals surface area contributed by atoms with Crippen molar-refractivity contribution in [2.45, 2.75) is 38.8 Å². The number of carbonyl (C=O) groups excluding carboxylic acids is 2. The minimum atomic E-state index is -1.36. The van der Waals surface area contributed by atoms with Crippen LogP contribution in [0.1, 0.15) is 27.2 Å². The first kappa shape index (κ1) is 20.3. The number of halogens is 1. The van der Waals surface area contributed by atoms with Crippen LogP contribution >= 0.6 is 0 Å². The zero-order valence-electron chi connectivity index (χ0n) is 14.0. The summed E-state index contributed by atoms with van der Waals surface area (Å²) in [5.41, 5.74) is -1.37. The van der Waals surface area contributed by atoms with Gasteiger partial charge in [-0.05, 0) is 26.8 Å². The Morgan fingerprint density at radius 1 is 1.40 bits per heavy atom. The van der Waals surface area contributed by atoms with E-state index in [-0.39, 0.29) is 12.1 Å². The molecule has 0 aliphatic rings. The van der Waals surface area contributed by atoms with Crippen LogP contribution in [0.25, 0.3) is 0 Å². The van der Waals surface area contributed by atoms with Gasteiger partial charge in [-0.2, -0.15) is 0 Å². The van der Waals surface area contributed by atoms with Crippen molar-refractivity contribution < 1.29 is 28.7 Å². The number of carbonyl (C=O) groups is 2. The Morgan fingerprint density at radius 2 is 2.04 bits per heavy atom. The molecule has 0 saturated carbocycles.